The van der Waals surface area contributed by atoms with Crippen LogP contribution in [0.5, 0.6) is 0 Å². The third-order valence-corrected chi connectivity index (χ3v) is 4.80. The maximum absolute atomic E-state index is 10.7. The fourth-order valence-corrected chi connectivity index (χ4v) is 3.88. The number of hydrogen-bond donors (Lipinski definition) is 1. The van der Waals surface area contributed by atoms with Gasteiger partial charge in [0.25, 0.3) is 0 Å². The van der Waals surface area contributed by atoms with Gasteiger partial charge < -0.3 is 9.84 Å². The lowest BCUT2D eigenvalue weighted by atomic mass is 9.77. The standard InChI is InChI=1S/C12H20O2S/c1-11(2)7-12(13,9-15-8-11)10-4-3-5-14-6-10/h6,13H,3-5,7-9H2,1-2H3. The summed E-state index contributed by atoms with van der Waals surface area (Å²) in [7, 11) is 0. The van der Waals surface area contributed by atoms with Crippen molar-refractivity contribution in [1.82, 2.24) is 0 Å². The highest BCUT2D eigenvalue weighted by Gasteiger charge is 2.41. The molecule has 1 unspecified atom stereocenters. The molecule has 2 nitrogen and oxygen atoms in total. The van der Waals surface area contributed by atoms with Crippen LogP contribution in [0.15, 0.2) is 11.8 Å². The molecule has 86 valence electrons. The molecule has 0 radical (unpaired) electrons. The Morgan fingerprint density at radius 3 is 2.80 bits per heavy atom. The molecule has 2 aliphatic heterocycles. The molecule has 0 spiro atoms. The van der Waals surface area contributed by atoms with Crippen LogP contribution in [0.25, 0.3) is 0 Å². The van der Waals surface area contributed by atoms with E-state index in [1.54, 1.807) is 6.26 Å². The van der Waals surface area contributed by atoms with Crippen molar-refractivity contribution in [2.75, 3.05) is 18.1 Å². The molecule has 0 amide bonds. The minimum Gasteiger partial charge on any atom is -0.501 e. The molecule has 0 bridgehead atoms. The van der Waals surface area contributed by atoms with E-state index < -0.39 is 5.60 Å². The number of ether oxygens (including phenoxy) is 1. The van der Waals surface area contributed by atoms with Crippen LogP contribution in [-0.2, 0) is 4.74 Å². The second-order valence-corrected chi connectivity index (χ2v) is 6.47. The molecule has 2 heterocycles. The first kappa shape index (κ1) is 11.3. The second kappa shape index (κ2) is 4.02. The lowest BCUT2D eigenvalue weighted by Crippen LogP contribution is -2.44. The predicted molar refractivity (Wildman–Crippen MR) is 63.9 cm³/mol. The van der Waals surface area contributed by atoms with E-state index in [0.717, 1.165) is 42.9 Å². The minimum absolute atomic E-state index is 0.232. The van der Waals surface area contributed by atoms with Crippen LogP contribution in [0.3, 0.4) is 0 Å². The van der Waals surface area contributed by atoms with Gasteiger partial charge in [0.15, 0.2) is 0 Å². The van der Waals surface area contributed by atoms with Gasteiger partial charge in [-0.15, -0.1) is 0 Å². The molecule has 2 aliphatic rings. The zero-order chi connectivity index (χ0) is 10.9. The highest BCUT2D eigenvalue weighted by molar-refractivity contribution is 7.99. The van der Waals surface area contributed by atoms with Crippen LogP contribution in [-0.4, -0.2) is 28.8 Å². The SMILES string of the molecule is CC1(C)CSCC(O)(C2=COCCC2)C1. The van der Waals surface area contributed by atoms with Crippen molar-refractivity contribution >= 4 is 11.8 Å². The summed E-state index contributed by atoms with van der Waals surface area (Å²) < 4.78 is 5.34. The van der Waals surface area contributed by atoms with Gasteiger partial charge in [-0.1, -0.05) is 13.8 Å². The predicted octanol–water partition coefficient (Wildman–Crippen LogP) is 2.57. The maximum atomic E-state index is 10.7. The zero-order valence-electron chi connectivity index (χ0n) is 9.58. The third kappa shape index (κ3) is 2.51. The number of rotatable bonds is 1. The zero-order valence-corrected chi connectivity index (χ0v) is 10.4. The fourth-order valence-electron chi connectivity index (χ4n) is 2.50. The molecule has 1 fully saturated rings. The molecule has 15 heavy (non-hydrogen) atoms. The van der Waals surface area contributed by atoms with Crippen molar-refractivity contribution in [3.8, 4) is 0 Å². The van der Waals surface area contributed by atoms with E-state index in [9.17, 15) is 5.11 Å². The molecule has 1 saturated heterocycles. The Bertz CT molecular complexity index is 273. The highest BCUT2D eigenvalue weighted by atomic mass is 32.2. The van der Waals surface area contributed by atoms with Gasteiger partial charge >= 0.3 is 0 Å². The third-order valence-electron chi connectivity index (χ3n) is 3.14. The molecular weight excluding hydrogens is 208 g/mol. The molecule has 0 saturated carbocycles. The van der Waals surface area contributed by atoms with Gasteiger partial charge in [-0.05, 0) is 36.0 Å². The quantitative estimate of drug-likeness (QED) is 0.748. The Morgan fingerprint density at radius 2 is 2.20 bits per heavy atom. The van der Waals surface area contributed by atoms with Crippen molar-refractivity contribution in [3.63, 3.8) is 0 Å². The van der Waals surface area contributed by atoms with E-state index >= 15 is 0 Å². The molecule has 0 aromatic heterocycles. The van der Waals surface area contributed by atoms with Crippen molar-refractivity contribution in [2.45, 2.75) is 38.7 Å². The Labute approximate surface area is 96.1 Å². The fraction of sp³-hybridized carbons (Fsp3) is 0.833. The number of aliphatic hydroxyl groups is 1. The van der Waals surface area contributed by atoms with E-state index in [4.69, 9.17) is 4.74 Å². The Kier molecular flexibility index (Phi) is 3.04. The van der Waals surface area contributed by atoms with Crippen molar-refractivity contribution < 1.29 is 9.84 Å². The van der Waals surface area contributed by atoms with Gasteiger partial charge in [0, 0.05) is 5.75 Å². The smallest absolute Gasteiger partial charge is 0.0984 e. The Hall–Kier alpha value is -0.150. The summed E-state index contributed by atoms with van der Waals surface area (Å²) >= 11 is 1.86. The van der Waals surface area contributed by atoms with Crippen LogP contribution in [0.2, 0.25) is 0 Å². The normalized spacial score (nSPS) is 35.5. The molecule has 1 atom stereocenters. The molecule has 0 aromatic rings. The Balaban J connectivity index is 2.14. The summed E-state index contributed by atoms with van der Waals surface area (Å²) in [6.07, 6.45) is 4.69. The van der Waals surface area contributed by atoms with Crippen molar-refractivity contribution in [2.24, 2.45) is 5.41 Å². The van der Waals surface area contributed by atoms with Gasteiger partial charge in [-0.2, -0.15) is 11.8 Å². The maximum Gasteiger partial charge on any atom is 0.0984 e. The summed E-state index contributed by atoms with van der Waals surface area (Å²) in [5.74, 6) is 1.97. The van der Waals surface area contributed by atoms with Gasteiger partial charge in [0.2, 0.25) is 0 Å². The largest absolute Gasteiger partial charge is 0.501 e. The van der Waals surface area contributed by atoms with E-state index in [2.05, 4.69) is 13.8 Å². The number of thioether (sulfide) groups is 1. The van der Waals surface area contributed by atoms with Crippen LogP contribution in [0, 0.1) is 5.41 Å². The molecule has 3 heteroatoms. The topological polar surface area (TPSA) is 29.5 Å². The molecule has 1 N–H and O–H groups in total. The second-order valence-electron chi connectivity index (χ2n) is 5.48. The summed E-state index contributed by atoms with van der Waals surface area (Å²) in [4.78, 5) is 0. The van der Waals surface area contributed by atoms with E-state index in [0.29, 0.717) is 0 Å². The lowest BCUT2D eigenvalue weighted by molar-refractivity contribution is 0.0409. The van der Waals surface area contributed by atoms with Crippen LogP contribution >= 0.6 is 11.8 Å². The molecule has 0 aromatic carbocycles. The van der Waals surface area contributed by atoms with E-state index in [1.165, 1.54) is 0 Å². The highest BCUT2D eigenvalue weighted by Crippen LogP contribution is 2.44. The number of hydrogen-bond acceptors (Lipinski definition) is 3. The summed E-state index contributed by atoms with van der Waals surface area (Å²) in [5.41, 5.74) is 0.719. The monoisotopic (exact) mass is 228 g/mol. The van der Waals surface area contributed by atoms with Crippen LogP contribution < -0.4 is 0 Å². The average molecular weight is 228 g/mol. The van der Waals surface area contributed by atoms with E-state index in [1.807, 2.05) is 11.8 Å². The van der Waals surface area contributed by atoms with Crippen molar-refractivity contribution in [3.05, 3.63) is 11.8 Å². The lowest BCUT2D eigenvalue weighted by Gasteiger charge is -2.43. The first-order valence-electron chi connectivity index (χ1n) is 5.63. The first-order valence-corrected chi connectivity index (χ1v) is 6.79. The van der Waals surface area contributed by atoms with E-state index in [-0.39, 0.29) is 5.41 Å². The van der Waals surface area contributed by atoms with Gasteiger partial charge in [-0.25, -0.2) is 0 Å². The van der Waals surface area contributed by atoms with Gasteiger partial charge in [0.05, 0.1) is 18.5 Å². The molecule has 0 aliphatic carbocycles. The van der Waals surface area contributed by atoms with Gasteiger partial charge in [-0.3, -0.25) is 0 Å². The average Bonchev–Trinajstić information content (AvgIpc) is 2.17. The van der Waals surface area contributed by atoms with Crippen LogP contribution in [0.4, 0.5) is 0 Å². The summed E-state index contributed by atoms with van der Waals surface area (Å²) in [6.45, 7) is 5.26. The molecule has 2 rings (SSSR count). The minimum atomic E-state index is -0.618. The van der Waals surface area contributed by atoms with Crippen molar-refractivity contribution in [1.29, 1.82) is 0 Å². The summed E-state index contributed by atoms with van der Waals surface area (Å²) in [5, 5.41) is 10.7. The first-order chi connectivity index (χ1) is 7.02. The molecular formula is C12H20O2S. The van der Waals surface area contributed by atoms with Crippen LogP contribution in [0.1, 0.15) is 33.1 Å². The summed E-state index contributed by atoms with van der Waals surface area (Å²) in [6, 6.07) is 0. The van der Waals surface area contributed by atoms with Gasteiger partial charge in [0.1, 0.15) is 0 Å². The Morgan fingerprint density at radius 1 is 1.40 bits per heavy atom.